The average Bonchev–Trinajstić information content (AvgIpc) is 2.51. The first kappa shape index (κ1) is 11.2. The Hall–Kier alpha value is -2.25. The number of nitro benzene ring substituents is 1. The number of non-ortho nitro benzene ring substituents is 1. The second-order valence-electron chi connectivity index (χ2n) is 3.53. The molecule has 1 amide bonds. The van der Waals surface area contributed by atoms with Crippen LogP contribution in [-0.4, -0.2) is 22.7 Å². The Kier molecular flexibility index (Phi) is 2.23. The Morgan fingerprint density at radius 1 is 1.53 bits per heavy atom. The van der Waals surface area contributed by atoms with Gasteiger partial charge in [-0.3, -0.25) is 15.0 Å². The van der Waals surface area contributed by atoms with Crippen molar-refractivity contribution in [2.75, 3.05) is 11.4 Å². The van der Waals surface area contributed by atoms with Crippen molar-refractivity contribution in [3.8, 4) is 0 Å². The minimum Gasteiger partial charge on any atom is -0.465 e. The lowest BCUT2D eigenvalue weighted by Crippen LogP contribution is -2.31. The molecule has 0 spiro atoms. The molecule has 1 aliphatic rings. The topological polar surface area (TPSA) is 83.7 Å². The fraction of sp³-hybridized carbons (Fsp3) is 0.222. The fourth-order valence-corrected chi connectivity index (χ4v) is 1.71. The van der Waals surface area contributed by atoms with Crippen LogP contribution in [0.2, 0.25) is 0 Å². The molecule has 0 fully saturated rings. The molecule has 6 nitrogen and oxygen atoms in total. The third-order valence-electron chi connectivity index (χ3n) is 2.46. The van der Waals surface area contributed by atoms with Crippen LogP contribution in [-0.2, 0) is 5.92 Å². The van der Waals surface area contributed by atoms with E-state index in [1.165, 1.54) is 0 Å². The molecule has 0 atom stereocenters. The SMILES string of the molecule is O=C(O)N1CC(F)(F)c2cc([N+](=O)[O-])ccc21. The molecule has 17 heavy (non-hydrogen) atoms. The first-order valence-electron chi connectivity index (χ1n) is 4.50. The van der Waals surface area contributed by atoms with E-state index in [9.17, 15) is 23.7 Å². The van der Waals surface area contributed by atoms with Crippen LogP contribution in [0.25, 0.3) is 0 Å². The lowest BCUT2D eigenvalue weighted by atomic mass is 10.1. The summed E-state index contributed by atoms with van der Waals surface area (Å²) in [6, 6.07) is 2.72. The Labute approximate surface area is 93.2 Å². The zero-order valence-corrected chi connectivity index (χ0v) is 8.26. The van der Waals surface area contributed by atoms with Crippen molar-refractivity contribution in [3.63, 3.8) is 0 Å². The standard InChI is InChI=1S/C9H6F2N2O4/c10-9(11)4-12(8(14)15)7-2-1-5(13(16)17)3-6(7)9/h1-3H,4H2,(H,14,15). The number of alkyl halides is 2. The maximum absolute atomic E-state index is 13.5. The predicted molar refractivity (Wildman–Crippen MR) is 52.4 cm³/mol. The van der Waals surface area contributed by atoms with E-state index in [2.05, 4.69) is 0 Å². The van der Waals surface area contributed by atoms with Crippen molar-refractivity contribution in [3.05, 3.63) is 33.9 Å². The maximum Gasteiger partial charge on any atom is 0.412 e. The molecule has 0 aromatic heterocycles. The smallest absolute Gasteiger partial charge is 0.412 e. The molecule has 1 aliphatic heterocycles. The van der Waals surface area contributed by atoms with Crippen LogP contribution in [0.5, 0.6) is 0 Å². The summed E-state index contributed by atoms with van der Waals surface area (Å²) in [5.74, 6) is -3.40. The molecule has 0 saturated heterocycles. The van der Waals surface area contributed by atoms with Crippen LogP contribution in [0.4, 0.5) is 25.0 Å². The van der Waals surface area contributed by atoms with Gasteiger partial charge in [-0.2, -0.15) is 8.78 Å². The van der Waals surface area contributed by atoms with Crippen molar-refractivity contribution in [1.29, 1.82) is 0 Å². The largest absolute Gasteiger partial charge is 0.465 e. The molecule has 0 bridgehead atoms. The summed E-state index contributed by atoms with van der Waals surface area (Å²) < 4.78 is 26.9. The highest BCUT2D eigenvalue weighted by Gasteiger charge is 2.46. The summed E-state index contributed by atoms with van der Waals surface area (Å²) in [5, 5.41) is 19.2. The van der Waals surface area contributed by atoms with Crippen LogP contribution in [0.15, 0.2) is 18.2 Å². The van der Waals surface area contributed by atoms with E-state index in [1.807, 2.05) is 0 Å². The number of halogens is 2. The van der Waals surface area contributed by atoms with Gasteiger partial charge >= 0.3 is 6.09 Å². The zero-order valence-electron chi connectivity index (χ0n) is 8.26. The van der Waals surface area contributed by atoms with E-state index in [4.69, 9.17) is 5.11 Å². The van der Waals surface area contributed by atoms with Gasteiger partial charge in [0.25, 0.3) is 11.6 Å². The van der Waals surface area contributed by atoms with E-state index >= 15 is 0 Å². The second-order valence-corrected chi connectivity index (χ2v) is 3.53. The zero-order chi connectivity index (χ0) is 12.8. The van der Waals surface area contributed by atoms with E-state index in [1.54, 1.807) is 0 Å². The van der Waals surface area contributed by atoms with Crippen molar-refractivity contribution in [1.82, 2.24) is 0 Å². The normalized spacial score (nSPS) is 16.7. The molecule has 1 heterocycles. The van der Waals surface area contributed by atoms with Gasteiger partial charge in [0.1, 0.15) is 0 Å². The number of rotatable bonds is 1. The van der Waals surface area contributed by atoms with E-state index in [0.717, 1.165) is 12.1 Å². The van der Waals surface area contributed by atoms with Gasteiger partial charge < -0.3 is 5.11 Å². The average molecular weight is 244 g/mol. The molecule has 1 aromatic rings. The summed E-state index contributed by atoms with van der Waals surface area (Å²) in [6.45, 7) is -1.02. The first-order valence-corrected chi connectivity index (χ1v) is 4.50. The molecule has 1 aromatic carbocycles. The minimum atomic E-state index is -3.40. The van der Waals surface area contributed by atoms with Gasteiger partial charge in [0.05, 0.1) is 22.7 Å². The van der Waals surface area contributed by atoms with Crippen molar-refractivity contribution < 1.29 is 23.6 Å². The second kappa shape index (κ2) is 3.37. The summed E-state index contributed by atoms with van der Waals surface area (Å²) >= 11 is 0. The lowest BCUT2D eigenvalue weighted by Gasteiger charge is -2.11. The van der Waals surface area contributed by atoms with Gasteiger partial charge in [-0.15, -0.1) is 0 Å². The molecule has 1 N–H and O–H groups in total. The van der Waals surface area contributed by atoms with Gasteiger partial charge in [0.15, 0.2) is 0 Å². The molecular weight excluding hydrogens is 238 g/mol. The summed E-state index contributed by atoms with van der Waals surface area (Å²) in [7, 11) is 0. The Morgan fingerprint density at radius 2 is 2.18 bits per heavy atom. The first-order chi connectivity index (χ1) is 7.83. The van der Waals surface area contributed by atoms with Gasteiger partial charge in [0.2, 0.25) is 0 Å². The number of hydrogen-bond acceptors (Lipinski definition) is 3. The van der Waals surface area contributed by atoms with Gasteiger partial charge in [-0.1, -0.05) is 0 Å². The third kappa shape index (κ3) is 1.67. The van der Waals surface area contributed by atoms with Crippen LogP contribution >= 0.6 is 0 Å². The van der Waals surface area contributed by atoms with Crippen LogP contribution < -0.4 is 4.90 Å². The van der Waals surface area contributed by atoms with Crippen molar-refractivity contribution >= 4 is 17.5 Å². The predicted octanol–water partition coefficient (Wildman–Crippen LogP) is 2.18. The maximum atomic E-state index is 13.5. The quantitative estimate of drug-likeness (QED) is 0.606. The molecule has 0 radical (unpaired) electrons. The number of hydrogen-bond donors (Lipinski definition) is 1. The molecule has 8 heteroatoms. The van der Waals surface area contributed by atoms with Gasteiger partial charge in [0, 0.05) is 12.1 Å². The van der Waals surface area contributed by atoms with Crippen LogP contribution in [0, 0.1) is 10.1 Å². The summed E-state index contributed by atoms with van der Waals surface area (Å²) in [4.78, 5) is 20.9. The summed E-state index contributed by atoms with van der Waals surface area (Å²) in [5.41, 5.74) is -1.34. The van der Waals surface area contributed by atoms with Crippen molar-refractivity contribution in [2.24, 2.45) is 0 Å². The molecule has 0 saturated carbocycles. The van der Waals surface area contributed by atoms with Crippen LogP contribution in [0.3, 0.4) is 0 Å². The number of carbonyl (C=O) groups is 1. The number of amides is 1. The van der Waals surface area contributed by atoms with E-state index < -0.39 is 34.7 Å². The third-order valence-corrected chi connectivity index (χ3v) is 2.46. The number of carboxylic acid groups (broad SMARTS) is 1. The molecule has 0 aliphatic carbocycles. The van der Waals surface area contributed by atoms with Gasteiger partial charge in [-0.25, -0.2) is 4.79 Å². The lowest BCUT2D eigenvalue weighted by molar-refractivity contribution is -0.385. The Balaban J connectivity index is 2.57. The molecule has 90 valence electrons. The van der Waals surface area contributed by atoms with Crippen molar-refractivity contribution in [2.45, 2.75) is 5.92 Å². The summed E-state index contributed by atoms with van der Waals surface area (Å²) in [6.07, 6.45) is -1.52. The Morgan fingerprint density at radius 3 is 2.71 bits per heavy atom. The molecular formula is C9H6F2N2O4. The van der Waals surface area contributed by atoms with Crippen LogP contribution in [0.1, 0.15) is 5.56 Å². The highest BCUT2D eigenvalue weighted by Crippen LogP contribution is 2.44. The number of nitro groups is 1. The van der Waals surface area contributed by atoms with E-state index in [-0.39, 0.29) is 5.69 Å². The van der Waals surface area contributed by atoms with E-state index in [0.29, 0.717) is 11.0 Å². The monoisotopic (exact) mass is 244 g/mol. The molecule has 0 unspecified atom stereocenters. The highest BCUT2D eigenvalue weighted by molar-refractivity contribution is 5.90. The minimum absolute atomic E-state index is 0.215. The number of benzene rings is 1. The van der Waals surface area contributed by atoms with Gasteiger partial charge in [-0.05, 0) is 6.07 Å². The number of anilines is 1. The number of nitrogens with zero attached hydrogens (tertiary/aromatic N) is 2. The molecule has 2 rings (SSSR count). The Bertz CT molecular complexity index is 518. The fourth-order valence-electron chi connectivity index (χ4n) is 1.71. The number of fused-ring (bicyclic) bond motifs is 1. The highest BCUT2D eigenvalue weighted by atomic mass is 19.3.